The van der Waals surface area contributed by atoms with E-state index in [0.717, 1.165) is 16.7 Å². The molecule has 2 aromatic carbocycles. The van der Waals surface area contributed by atoms with E-state index in [1.807, 2.05) is 78.8 Å². The molecule has 38 heavy (non-hydrogen) atoms. The SMILES string of the molecule is Cc1cccc(C(C(=O)Nc2c(C)cccc2Cl)N(C(=O)C(NC(=O)OC(C)(C)C)C(C)C)C(C)C)c1C. The number of ether oxygens (including phenoxy) is 1. The van der Waals surface area contributed by atoms with Gasteiger partial charge in [-0.1, -0.05) is 55.8 Å². The van der Waals surface area contributed by atoms with Crippen molar-refractivity contribution in [2.75, 3.05) is 5.32 Å². The molecule has 0 bridgehead atoms. The molecule has 2 atom stereocenters. The molecule has 2 rings (SSSR count). The molecule has 2 N–H and O–H groups in total. The van der Waals surface area contributed by atoms with Crippen molar-refractivity contribution in [3.8, 4) is 0 Å². The number of benzene rings is 2. The second-order valence-corrected chi connectivity index (χ2v) is 11.7. The predicted octanol–water partition coefficient (Wildman–Crippen LogP) is 6.73. The molecule has 0 radical (unpaired) electrons. The van der Waals surface area contributed by atoms with E-state index in [9.17, 15) is 14.4 Å². The van der Waals surface area contributed by atoms with Crippen LogP contribution in [0.1, 0.15) is 76.8 Å². The van der Waals surface area contributed by atoms with E-state index in [4.69, 9.17) is 16.3 Å². The van der Waals surface area contributed by atoms with Crippen molar-refractivity contribution in [3.63, 3.8) is 0 Å². The molecule has 0 aliphatic heterocycles. The number of amides is 3. The fourth-order valence-corrected chi connectivity index (χ4v) is 4.53. The minimum Gasteiger partial charge on any atom is -0.444 e. The van der Waals surface area contributed by atoms with Crippen molar-refractivity contribution in [3.05, 3.63) is 63.7 Å². The Kier molecular flexibility index (Phi) is 10.4. The topological polar surface area (TPSA) is 87.7 Å². The molecule has 0 saturated carbocycles. The number of carbonyl (C=O) groups excluding carboxylic acids is 3. The second-order valence-electron chi connectivity index (χ2n) is 11.3. The molecular formula is C30H42ClN3O4. The van der Waals surface area contributed by atoms with Crippen molar-refractivity contribution in [1.82, 2.24) is 10.2 Å². The summed E-state index contributed by atoms with van der Waals surface area (Å²) in [5.74, 6) is -1.03. The largest absolute Gasteiger partial charge is 0.444 e. The van der Waals surface area contributed by atoms with Gasteiger partial charge in [-0.2, -0.15) is 0 Å². The number of carbonyl (C=O) groups is 3. The maximum atomic E-state index is 14.2. The van der Waals surface area contributed by atoms with E-state index in [2.05, 4.69) is 10.6 Å². The van der Waals surface area contributed by atoms with E-state index < -0.39 is 29.7 Å². The molecule has 0 aliphatic rings. The first-order valence-electron chi connectivity index (χ1n) is 13.0. The molecule has 2 aromatic rings. The maximum Gasteiger partial charge on any atom is 0.408 e. The molecule has 0 aromatic heterocycles. The Bertz CT molecular complexity index is 1150. The lowest BCUT2D eigenvalue weighted by molar-refractivity contribution is -0.143. The molecule has 3 amide bonds. The van der Waals surface area contributed by atoms with E-state index in [-0.39, 0.29) is 17.9 Å². The summed E-state index contributed by atoms with van der Waals surface area (Å²) < 4.78 is 5.43. The van der Waals surface area contributed by atoms with Gasteiger partial charge in [0, 0.05) is 6.04 Å². The fourth-order valence-electron chi connectivity index (χ4n) is 4.26. The van der Waals surface area contributed by atoms with Crippen LogP contribution in [0.25, 0.3) is 0 Å². The van der Waals surface area contributed by atoms with Crippen LogP contribution in [0.5, 0.6) is 0 Å². The van der Waals surface area contributed by atoms with Gasteiger partial charge in [0.05, 0.1) is 10.7 Å². The van der Waals surface area contributed by atoms with Crippen molar-refractivity contribution in [2.45, 2.75) is 93.0 Å². The number of rotatable bonds is 8. The number of halogens is 1. The van der Waals surface area contributed by atoms with E-state index in [1.165, 1.54) is 0 Å². The monoisotopic (exact) mass is 543 g/mol. The van der Waals surface area contributed by atoms with E-state index >= 15 is 0 Å². The van der Waals surface area contributed by atoms with Crippen molar-refractivity contribution < 1.29 is 19.1 Å². The lowest BCUT2D eigenvalue weighted by Gasteiger charge is -2.38. The first kappa shape index (κ1) is 31.2. The van der Waals surface area contributed by atoms with Gasteiger partial charge in [-0.15, -0.1) is 0 Å². The lowest BCUT2D eigenvalue weighted by Crippen LogP contribution is -2.56. The number of nitrogens with zero attached hydrogens (tertiary/aromatic N) is 1. The normalized spacial score (nSPS) is 13.2. The molecule has 0 heterocycles. The summed E-state index contributed by atoms with van der Waals surface area (Å²) in [6.07, 6.45) is -0.687. The van der Waals surface area contributed by atoms with Crippen LogP contribution < -0.4 is 10.6 Å². The molecule has 0 spiro atoms. The second kappa shape index (κ2) is 12.7. The van der Waals surface area contributed by atoms with Crippen molar-refractivity contribution >= 4 is 35.2 Å². The molecule has 8 heteroatoms. The van der Waals surface area contributed by atoms with Gasteiger partial charge < -0.3 is 20.3 Å². The summed E-state index contributed by atoms with van der Waals surface area (Å²) in [5.41, 5.74) is 3.19. The molecule has 0 fully saturated rings. The van der Waals surface area contributed by atoms with Gasteiger partial charge in [0.1, 0.15) is 17.7 Å². The number of anilines is 1. The van der Waals surface area contributed by atoms with Gasteiger partial charge in [-0.3, -0.25) is 9.59 Å². The standard InChI is InChI=1S/C30H42ClN3O4/c1-17(2)24(33-29(37)38-30(8,9)10)28(36)34(18(3)4)26(22-15-11-13-19(5)21(22)7)27(35)32-25-20(6)14-12-16-23(25)31/h11-18,24,26H,1-10H3,(H,32,35)(H,33,37). The van der Waals surface area contributed by atoms with Crippen LogP contribution in [0.4, 0.5) is 10.5 Å². The number of hydrogen-bond donors (Lipinski definition) is 2. The van der Waals surface area contributed by atoms with Gasteiger partial charge in [-0.05, 0) is 89.6 Å². The quantitative estimate of drug-likeness (QED) is 0.386. The van der Waals surface area contributed by atoms with Crippen LogP contribution in [-0.2, 0) is 14.3 Å². The molecule has 7 nitrogen and oxygen atoms in total. The molecule has 0 aliphatic carbocycles. The highest BCUT2D eigenvalue weighted by Gasteiger charge is 2.39. The highest BCUT2D eigenvalue weighted by molar-refractivity contribution is 6.34. The minimum absolute atomic E-state index is 0.260. The highest BCUT2D eigenvalue weighted by atomic mass is 35.5. The summed E-state index contributed by atoms with van der Waals surface area (Å²) in [7, 11) is 0. The van der Waals surface area contributed by atoms with Crippen LogP contribution in [0.2, 0.25) is 5.02 Å². The third-order valence-electron chi connectivity index (χ3n) is 6.35. The third-order valence-corrected chi connectivity index (χ3v) is 6.67. The number of alkyl carbamates (subject to hydrolysis) is 1. The van der Waals surface area contributed by atoms with Crippen LogP contribution in [0.15, 0.2) is 36.4 Å². The zero-order valence-corrected chi connectivity index (χ0v) is 25.0. The summed E-state index contributed by atoms with van der Waals surface area (Å²) in [6.45, 7) is 18.5. The number of aryl methyl sites for hydroxylation is 2. The average molecular weight is 544 g/mol. The molecule has 0 saturated heterocycles. The van der Waals surface area contributed by atoms with Gasteiger partial charge >= 0.3 is 6.09 Å². The van der Waals surface area contributed by atoms with Gasteiger partial charge in [0.2, 0.25) is 5.91 Å². The molecular weight excluding hydrogens is 502 g/mol. The molecule has 2 unspecified atom stereocenters. The number of nitrogens with one attached hydrogen (secondary N) is 2. The van der Waals surface area contributed by atoms with Crippen LogP contribution in [0.3, 0.4) is 0 Å². The molecule has 208 valence electrons. The lowest BCUT2D eigenvalue weighted by atomic mass is 9.93. The van der Waals surface area contributed by atoms with Gasteiger partial charge in [0.25, 0.3) is 5.91 Å². The van der Waals surface area contributed by atoms with Crippen molar-refractivity contribution in [1.29, 1.82) is 0 Å². The Hall–Kier alpha value is -3.06. The summed E-state index contributed by atoms with van der Waals surface area (Å²) >= 11 is 6.43. The van der Waals surface area contributed by atoms with Crippen LogP contribution in [-0.4, -0.2) is 40.5 Å². The Balaban J connectivity index is 2.62. The Morgan fingerprint density at radius 1 is 0.921 bits per heavy atom. The number of hydrogen-bond acceptors (Lipinski definition) is 4. The van der Waals surface area contributed by atoms with Crippen LogP contribution in [0, 0.1) is 26.7 Å². The van der Waals surface area contributed by atoms with E-state index in [0.29, 0.717) is 16.3 Å². The van der Waals surface area contributed by atoms with E-state index in [1.54, 1.807) is 31.7 Å². The van der Waals surface area contributed by atoms with Crippen molar-refractivity contribution in [2.24, 2.45) is 5.92 Å². The first-order valence-corrected chi connectivity index (χ1v) is 13.4. The Morgan fingerprint density at radius 2 is 1.50 bits per heavy atom. The zero-order valence-electron chi connectivity index (χ0n) is 24.2. The predicted molar refractivity (Wildman–Crippen MR) is 153 cm³/mol. The van der Waals surface area contributed by atoms with Crippen LogP contribution >= 0.6 is 11.6 Å². The summed E-state index contributed by atoms with van der Waals surface area (Å²) in [6, 6.07) is 8.84. The third kappa shape index (κ3) is 7.73. The fraction of sp³-hybridized carbons (Fsp3) is 0.500. The number of para-hydroxylation sites is 1. The summed E-state index contributed by atoms with van der Waals surface area (Å²) in [4.78, 5) is 42.4. The Labute approximate surface area is 232 Å². The average Bonchev–Trinajstić information content (AvgIpc) is 2.78. The Morgan fingerprint density at radius 3 is 2.03 bits per heavy atom. The minimum atomic E-state index is -0.972. The summed E-state index contributed by atoms with van der Waals surface area (Å²) in [5, 5.41) is 6.13. The zero-order chi connectivity index (χ0) is 28.9. The first-order chi connectivity index (χ1) is 17.5. The highest BCUT2D eigenvalue weighted by Crippen LogP contribution is 2.32. The van der Waals surface area contributed by atoms with Gasteiger partial charge in [0.15, 0.2) is 0 Å². The van der Waals surface area contributed by atoms with Gasteiger partial charge in [-0.25, -0.2) is 4.79 Å². The smallest absolute Gasteiger partial charge is 0.408 e. The maximum absolute atomic E-state index is 14.2.